The molecule has 0 saturated heterocycles. The molecule has 1 atom stereocenters. The van der Waals surface area contributed by atoms with Crippen molar-refractivity contribution in [1.29, 1.82) is 0 Å². The van der Waals surface area contributed by atoms with E-state index >= 15 is 0 Å². The number of benzene rings is 2. The fourth-order valence-corrected chi connectivity index (χ4v) is 3.84. The smallest absolute Gasteiger partial charge is 0.320 e. The van der Waals surface area contributed by atoms with E-state index in [1.54, 1.807) is 11.6 Å². The van der Waals surface area contributed by atoms with Gasteiger partial charge in [-0.3, -0.25) is 5.32 Å². The Morgan fingerprint density at radius 2 is 2.00 bits per heavy atom. The molecular formula is C23H18N4O3S. The molecule has 0 aliphatic carbocycles. The van der Waals surface area contributed by atoms with Gasteiger partial charge in [0.2, 0.25) is 5.88 Å². The molecule has 4 aromatic rings. The third-order valence-electron chi connectivity index (χ3n) is 4.75. The van der Waals surface area contributed by atoms with Crippen LogP contribution in [0.25, 0.3) is 21.9 Å². The number of nitrogens with one attached hydrogen (secondary N) is 2. The molecule has 4 rings (SSSR count). The summed E-state index contributed by atoms with van der Waals surface area (Å²) in [6.45, 7) is -0.279. The zero-order chi connectivity index (χ0) is 21.8. The average molecular weight is 430 g/mol. The highest BCUT2D eigenvalue weighted by Gasteiger charge is 2.15. The summed E-state index contributed by atoms with van der Waals surface area (Å²) in [6.07, 6.45) is 6.85. The Balaban J connectivity index is 1.53. The van der Waals surface area contributed by atoms with Gasteiger partial charge in [-0.1, -0.05) is 42.5 Å². The topological polar surface area (TPSA) is 107 Å². The van der Waals surface area contributed by atoms with E-state index in [1.165, 1.54) is 11.3 Å². The van der Waals surface area contributed by atoms with Gasteiger partial charge < -0.3 is 15.5 Å². The molecule has 2 heterocycles. The van der Waals surface area contributed by atoms with Crippen molar-refractivity contribution in [3.8, 4) is 29.4 Å². The Bertz CT molecular complexity index is 1270. The van der Waals surface area contributed by atoms with Crippen molar-refractivity contribution in [2.24, 2.45) is 0 Å². The molecule has 2 aromatic carbocycles. The fraction of sp³-hybridized carbons (Fsp3) is 0.0870. The zero-order valence-corrected chi connectivity index (χ0v) is 17.1. The van der Waals surface area contributed by atoms with E-state index in [0.29, 0.717) is 16.2 Å². The summed E-state index contributed by atoms with van der Waals surface area (Å²) in [7, 11) is 0. The van der Waals surface area contributed by atoms with E-state index in [0.717, 1.165) is 22.1 Å². The van der Waals surface area contributed by atoms with Crippen molar-refractivity contribution in [3.05, 3.63) is 70.7 Å². The minimum atomic E-state index is -0.609. The van der Waals surface area contributed by atoms with Gasteiger partial charge in [0.1, 0.15) is 5.82 Å². The zero-order valence-electron chi connectivity index (χ0n) is 16.2. The summed E-state index contributed by atoms with van der Waals surface area (Å²) in [4.78, 5) is 20.3. The number of aliphatic hydroxyl groups is 1. The van der Waals surface area contributed by atoms with Crippen LogP contribution in [-0.2, 0) is 0 Å². The maximum atomic E-state index is 12.3. The molecule has 31 heavy (non-hydrogen) atoms. The summed E-state index contributed by atoms with van der Waals surface area (Å²) in [5.74, 6) is 2.73. The number of terminal acetylenes is 1. The number of carbonyl (C=O) groups excluding carboxylic acids is 1. The van der Waals surface area contributed by atoms with Gasteiger partial charge >= 0.3 is 6.03 Å². The molecule has 0 saturated carbocycles. The molecule has 8 heteroatoms. The van der Waals surface area contributed by atoms with E-state index in [2.05, 4.69) is 26.5 Å². The monoisotopic (exact) mass is 430 g/mol. The molecular weight excluding hydrogens is 412 g/mol. The number of rotatable bonds is 5. The summed E-state index contributed by atoms with van der Waals surface area (Å²) in [5, 5.41) is 29.0. The highest BCUT2D eigenvalue weighted by Crippen LogP contribution is 2.33. The first-order chi connectivity index (χ1) is 15.1. The molecule has 4 N–H and O–H groups in total. The van der Waals surface area contributed by atoms with Crippen LogP contribution in [0.1, 0.15) is 16.6 Å². The molecule has 2 amide bonds. The first-order valence-corrected chi connectivity index (χ1v) is 10.2. The van der Waals surface area contributed by atoms with Crippen LogP contribution in [0, 0.1) is 12.3 Å². The molecule has 0 radical (unpaired) electrons. The van der Waals surface area contributed by atoms with Crippen molar-refractivity contribution in [2.75, 3.05) is 11.9 Å². The summed E-state index contributed by atoms with van der Waals surface area (Å²) < 4.78 is 0. The van der Waals surface area contributed by atoms with Crippen LogP contribution in [-0.4, -0.2) is 32.8 Å². The van der Waals surface area contributed by atoms with Crippen molar-refractivity contribution >= 4 is 34.0 Å². The van der Waals surface area contributed by atoms with Crippen LogP contribution in [0.15, 0.2) is 60.1 Å². The quantitative estimate of drug-likeness (QED) is 0.359. The lowest BCUT2D eigenvalue weighted by atomic mass is 9.97. The van der Waals surface area contributed by atoms with Crippen LogP contribution < -0.4 is 10.6 Å². The number of thiazole rings is 1. The van der Waals surface area contributed by atoms with Gasteiger partial charge in [0.05, 0.1) is 18.0 Å². The molecule has 0 fully saturated rings. The van der Waals surface area contributed by atoms with Crippen LogP contribution in [0.4, 0.5) is 10.6 Å². The standard InChI is InChI=1S/C23H18N4O3S/c1-2-20-26-19(13-31-20)27-23(30)25-18(12-28)15-8-6-14(7-9-15)17-5-3-4-16-10-11-24-22(29)21(16)17/h1,3-11,13,18,28H,12H2,(H,24,29)(H2,25,27,30)/t18-/m0/s1. The van der Waals surface area contributed by atoms with Gasteiger partial charge in [-0.05, 0) is 34.1 Å². The minimum absolute atomic E-state index is 0.0289. The molecule has 2 aromatic heterocycles. The first-order valence-electron chi connectivity index (χ1n) is 9.36. The first kappa shape index (κ1) is 20.3. The number of fused-ring (bicyclic) bond motifs is 1. The van der Waals surface area contributed by atoms with Gasteiger partial charge in [-0.2, -0.15) is 0 Å². The number of urea groups is 1. The van der Waals surface area contributed by atoms with E-state index in [-0.39, 0.29) is 12.5 Å². The highest BCUT2D eigenvalue weighted by atomic mass is 32.1. The van der Waals surface area contributed by atoms with E-state index in [4.69, 9.17) is 6.42 Å². The van der Waals surface area contributed by atoms with Gasteiger partial charge in [-0.15, -0.1) is 17.8 Å². The average Bonchev–Trinajstić information content (AvgIpc) is 3.25. The van der Waals surface area contributed by atoms with Gasteiger partial charge in [0.15, 0.2) is 5.01 Å². The number of aromatic nitrogens is 2. The number of hydrogen-bond acceptors (Lipinski definition) is 6. The lowest BCUT2D eigenvalue weighted by Gasteiger charge is -2.17. The van der Waals surface area contributed by atoms with E-state index < -0.39 is 12.1 Å². The van der Waals surface area contributed by atoms with Crippen LogP contribution in [0.5, 0.6) is 5.88 Å². The van der Waals surface area contributed by atoms with Crippen molar-refractivity contribution in [1.82, 2.24) is 15.3 Å². The molecule has 7 nitrogen and oxygen atoms in total. The fourth-order valence-electron chi connectivity index (χ4n) is 3.29. The third kappa shape index (κ3) is 4.33. The predicted molar refractivity (Wildman–Crippen MR) is 121 cm³/mol. The maximum Gasteiger partial charge on any atom is 0.320 e. The lowest BCUT2D eigenvalue weighted by Crippen LogP contribution is -2.34. The minimum Gasteiger partial charge on any atom is -0.493 e. The predicted octanol–water partition coefficient (Wildman–Crippen LogP) is 3.90. The molecule has 0 bridgehead atoms. The van der Waals surface area contributed by atoms with Crippen LogP contribution in [0.3, 0.4) is 0 Å². The second kappa shape index (κ2) is 8.83. The Morgan fingerprint density at radius 3 is 2.71 bits per heavy atom. The second-order valence-electron chi connectivity index (χ2n) is 6.68. The summed E-state index contributed by atoms with van der Waals surface area (Å²) >= 11 is 1.25. The second-order valence-corrected chi connectivity index (χ2v) is 7.53. The van der Waals surface area contributed by atoms with Gasteiger partial charge in [0.25, 0.3) is 0 Å². The van der Waals surface area contributed by atoms with Crippen molar-refractivity contribution in [2.45, 2.75) is 6.04 Å². The molecule has 0 unspecified atom stereocenters. The molecule has 0 aliphatic heterocycles. The van der Waals surface area contributed by atoms with E-state index in [9.17, 15) is 15.0 Å². The lowest BCUT2D eigenvalue weighted by molar-refractivity contribution is 0.225. The maximum absolute atomic E-state index is 12.3. The van der Waals surface area contributed by atoms with Crippen molar-refractivity contribution in [3.63, 3.8) is 0 Å². The number of nitrogens with zero attached hydrogens (tertiary/aromatic N) is 2. The van der Waals surface area contributed by atoms with Crippen LogP contribution >= 0.6 is 11.3 Å². The Hall–Kier alpha value is -3.93. The van der Waals surface area contributed by atoms with Crippen LogP contribution in [0.2, 0.25) is 0 Å². The Labute approximate surface area is 182 Å². The van der Waals surface area contributed by atoms with E-state index in [1.807, 2.05) is 48.5 Å². The number of aliphatic hydroxyl groups excluding tert-OH is 1. The molecule has 0 spiro atoms. The normalized spacial score (nSPS) is 11.6. The van der Waals surface area contributed by atoms with Gasteiger partial charge in [0, 0.05) is 11.6 Å². The number of carbonyl (C=O) groups is 1. The van der Waals surface area contributed by atoms with Crippen molar-refractivity contribution < 1.29 is 15.0 Å². The number of pyridine rings is 1. The van der Waals surface area contributed by atoms with Gasteiger partial charge in [-0.25, -0.2) is 14.8 Å². The highest BCUT2D eigenvalue weighted by molar-refractivity contribution is 7.10. The largest absolute Gasteiger partial charge is 0.493 e. The summed E-state index contributed by atoms with van der Waals surface area (Å²) in [6, 6.07) is 13.9. The molecule has 0 aliphatic rings. The number of hydrogen-bond donors (Lipinski definition) is 4. The Morgan fingerprint density at radius 1 is 1.19 bits per heavy atom. The number of amides is 2. The number of anilines is 1. The number of aromatic hydroxyl groups is 1. The third-order valence-corrected chi connectivity index (χ3v) is 5.53. The SMILES string of the molecule is C#Cc1nc(NC(=O)N[C@@H](CO)c2ccc(-c3cccc4ccnc(O)c34)cc2)cs1. The Kier molecular flexibility index (Phi) is 5.80. The molecule has 154 valence electrons. The summed E-state index contributed by atoms with van der Waals surface area (Å²) in [5.41, 5.74) is 2.45.